The highest BCUT2D eigenvalue weighted by Gasteiger charge is 2.44. The van der Waals surface area contributed by atoms with E-state index in [0.29, 0.717) is 17.4 Å². The second-order valence-corrected chi connectivity index (χ2v) is 9.29. The number of carbonyl (C=O) groups is 1. The van der Waals surface area contributed by atoms with Crippen LogP contribution in [0.4, 0.5) is 11.4 Å². The number of amides is 1. The van der Waals surface area contributed by atoms with E-state index in [2.05, 4.69) is 25.2 Å². The lowest BCUT2D eigenvalue weighted by Crippen LogP contribution is -2.21. The van der Waals surface area contributed by atoms with Crippen molar-refractivity contribution in [3.8, 4) is 23.0 Å². The average Bonchev–Trinajstić information content (AvgIpc) is 3.39. The molecule has 1 fully saturated rings. The number of anilines is 2. The summed E-state index contributed by atoms with van der Waals surface area (Å²) in [5.41, 5.74) is 3.93. The van der Waals surface area contributed by atoms with Gasteiger partial charge in [-0.25, -0.2) is 4.98 Å². The Kier molecular flexibility index (Phi) is 5.60. The Bertz CT molecular complexity index is 1300. The summed E-state index contributed by atoms with van der Waals surface area (Å²) in [5, 5.41) is 7.10. The molecule has 33 heavy (non-hydrogen) atoms. The number of benzene rings is 2. The number of carbonyl (C=O) groups excluding carboxylic acids is 1. The summed E-state index contributed by atoms with van der Waals surface area (Å²) in [7, 11) is 0. The molecule has 2 N–H and O–H groups in total. The molecular weight excluding hydrogens is 434 g/mol. The molecule has 1 aliphatic rings. The van der Waals surface area contributed by atoms with Crippen LogP contribution in [0.15, 0.2) is 76.1 Å². The normalized spacial score (nSPS) is 14.0. The molecule has 2 heterocycles. The molecule has 0 saturated heterocycles. The van der Waals surface area contributed by atoms with Crippen LogP contribution in [-0.4, -0.2) is 21.0 Å². The second kappa shape index (κ2) is 8.71. The zero-order valence-electron chi connectivity index (χ0n) is 18.3. The van der Waals surface area contributed by atoms with E-state index in [-0.39, 0.29) is 11.3 Å². The van der Waals surface area contributed by atoms with Crippen LogP contribution in [0.2, 0.25) is 0 Å². The molecule has 0 unspecified atom stereocenters. The van der Waals surface area contributed by atoms with Crippen molar-refractivity contribution in [3.63, 3.8) is 0 Å². The highest BCUT2D eigenvalue weighted by atomic mass is 32.2. The van der Waals surface area contributed by atoms with Crippen LogP contribution >= 0.6 is 11.9 Å². The minimum Gasteiger partial charge on any atom is -0.332 e. The van der Waals surface area contributed by atoms with Gasteiger partial charge in [0.1, 0.15) is 5.69 Å². The molecule has 8 heteroatoms. The first-order chi connectivity index (χ1) is 16.0. The van der Waals surface area contributed by atoms with Crippen molar-refractivity contribution in [2.24, 2.45) is 5.41 Å². The van der Waals surface area contributed by atoms with Gasteiger partial charge in [-0.1, -0.05) is 24.2 Å². The highest BCUT2D eigenvalue weighted by Crippen LogP contribution is 2.45. The van der Waals surface area contributed by atoms with E-state index in [0.717, 1.165) is 40.4 Å². The minimum atomic E-state index is -0.198. The minimum absolute atomic E-state index is 0.0886. The van der Waals surface area contributed by atoms with E-state index in [4.69, 9.17) is 4.52 Å². The van der Waals surface area contributed by atoms with Gasteiger partial charge in [0.15, 0.2) is 0 Å². The maximum absolute atomic E-state index is 12.3. The van der Waals surface area contributed by atoms with Crippen molar-refractivity contribution in [1.82, 2.24) is 15.1 Å². The standard InChI is InChI=1S/C25H23N5O2S/c1-16-5-3-8-21(26-16)23-28-22(29-32-23)17-9-11-20(12-10-17)33-30-19-7-4-6-18(15-19)27-24(31)25(2)13-14-25/h3-12,15,30H,13-14H2,1-2H3,(H,27,31). The van der Waals surface area contributed by atoms with Crippen LogP contribution < -0.4 is 10.0 Å². The molecule has 0 aliphatic heterocycles. The van der Waals surface area contributed by atoms with Gasteiger partial charge in [0.05, 0.1) is 0 Å². The number of nitrogens with zero attached hydrogens (tertiary/aromatic N) is 3. The van der Waals surface area contributed by atoms with E-state index in [1.54, 1.807) is 0 Å². The molecular formula is C25H23N5O2S. The van der Waals surface area contributed by atoms with Crippen LogP contribution in [0.25, 0.3) is 23.0 Å². The number of pyridine rings is 1. The molecule has 2 aromatic heterocycles. The molecule has 166 valence electrons. The van der Waals surface area contributed by atoms with Crippen molar-refractivity contribution in [2.75, 3.05) is 10.0 Å². The largest absolute Gasteiger partial charge is 0.332 e. The SMILES string of the molecule is Cc1cccc(-c2nc(-c3ccc(SNc4cccc(NC(=O)C5(C)CC5)c4)cc3)no2)n1. The third-order valence-corrected chi connectivity index (χ3v) is 6.45. The zero-order valence-corrected chi connectivity index (χ0v) is 19.1. The number of aromatic nitrogens is 3. The fourth-order valence-corrected chi connectivity index (χ4v) is 3.89. The number of rotatable bonds is 7. The smallest absolute Gasteiger partial charge is 0.276 e. The summed E-state index contributed by atoms with van der Waals surface area (Å²) in [6.07, 6.45) is 1.91. The Labute approximate surface area is 196 Å². The Hall–Kier alpha value is -3.65. The molecule has 7 nitrogen and oxygen atoms in total. The summed E-state index contributed by atoms with van der Waals surface area (Å²) in [5.74, 6) is 1.01. The van der Waals surface area contributed by atoms with Gasteiger partial charge in [-0.3, -0.25) is 4.79 Å². The van der Waals surface area contributed by atoms with Crippen LogP contribution in [0.1, 0.15) is 25.5 Å². The zero-order chi connectivity index (χ0) is 22.8. The Balaban J connectivity index is 1.21. The van der Waals surface area contributed by atoms with Gasteiger partial charge in [-0.05, 0) is 86.3 Å². The molecule has 0 spiro atoms. The average molecular weight is 458 g/mol. The van der Waals surface area contributed by atoms with Crippen molar-refractivity contribution >= 4 is 29.2 Å². The molecule has 4 aromatic rings. The molecule has 0 radical (unpaired) electrons. The number of aryl methyl sites for hydroxylation is 1. The first-order valence-electron chi connectivity index (χ1n) is 10.7. The van der Waals surface area contributed by atoms with Crippen molar-refractivity contribution in [1.29, 1.82) is 0 Å². The van der Waals surface area contributed by atoms with E-state index in [1.165, 1.54) is 11.9 Å². The maximum atomic E-state index is 12.3. The molecule has 5 rings (SSSR count). The summed E-state index contributed by atoms with van der Waals surface area (Å²) < 4.78 is 8.71. The van der Waals surface area contributed by atoms with Crippen molar-refractivity contribution < 1.29 is 9.32 Å². The van der Waals surface area contributed by atoms with Crippen LogP contribution in [0.5, 0.6) is 0 Å². The fraction of sp³-hybridized carbons (Fsp3) is 0.200. The quantitative estimate of drug-likeness (QED) is 0.331. The van der Waals surface area contributed by atoms with Crippen LogP contribution in [0.3, 0.4) is 0 Å². The second-order valence-electron chi connectivity index (χ2n) is 8.41. The number of nitrogens with one attached hydrogen (secondary N) is 2. The van der Waals surface area contributed by atoms with Gasteiger partial charge in [-0.15, -0.1) is 0 Å². The third kappa shape index (κ3) is 4.90. The van der Waals surface area contributed by atoms with Gasteiger partial charge < -0.3 is 14.6 Å². The van der Waals surface area contributed by atoms with Crippen molar-refractivity contribution in [2.45, 2.75) is 31.6 Å². The van der Waals surface area contributed by atoms with Crippen LogP contribution in [-0.2, 0) is 4.79 Å². The van der Waals surface area contributed by atoms with E-state index >= 15 is 0 Å². The maximum Gasteiger partial charge on any atom is 0.276 e. The van der Waals surface area contributed by atoms with Gasteiger partial charge >= 0.3 is 0 Å². The molecule has 0 bridgehead atoms. The number of hydrogen-bond donors (Lipinski definition) is 2. The first-order valence-corrected chi connectivity index (χ1v) is 11.5. The first kappa shape index (κ1) is 21.2. The monoisotopic (exact) mass is 457 g/mol. The Morgan fingerprint density at radius 1 is 1.00 bits per heavy atom. The van der Waals surface area contributed by atoms with Gasteiger partial charge in [0.2, 0.25) is 11.7 Å². The van der Waals surface area contributed by atoms with Crippen molar-refractivity contribution in [3.05, 3.63) is 72.4 Å². The topological polar surface area (TPSA) is 92.9 Å². The van der Waals surface area contributed by atoms with E-state index in [1.807, 2.05) is 80.6 Å². The predicted molar refractivity (Wildman–Crippen MR) is 130 cm³/mol. The van der Waals surface area contributed by atoms with Gasteiger partial charge in [-0.2, -0.15) is 4.98 Å². The van der Waals surface area contributed by atoms with E-state index in [9.17, 15) is 4.79 Å². The Morgan fingerprint density at radius 2 is 1.76 bits per heavy atom. The molecule has 1 amide bonds. The van der Waals surface area contributed by atoms with Gasteiger partial charge in [0.25, 0.3) is 5.89 Å². The summed E-state index contributed by atoms with van der Waals surface area (Å²) in [6.45, 7) is 3.92. The fourth-order valence-electron chi connectivity index (χ4n) is 3.25. The summed E-state index contributed by atoms with van der Waals surface area (Å²) >= 11 is 1.49. The predicted octanol–water partition coefficient (Wildman–Crippen LogP) is 5.96. The Morgan fingerprint density at radius 3 is 2.52 bits per heavy atom. The van der Waals surface area contributed by atoms with E-state index < -0.39 is 0 Å². The summed E-state index contributed by atoms with van der Waals surface area (Å²) in [4.78, 5) is 22.2. The lowest BCUT2D eigenvalue weighted by Gasteiger charge is -2.12. The highest BCUT2D eigenvalue weighted by molar-refractivity contribution is 8.00. The molecule has 1 aliphatic carbocycles. The lowest BCUT2D eigenvalue weighted by molar-refractivity contribution is -0.120. The summed E-state index contributed by atoms with van der Waals surface area (Å²) in [6, 6.07) is 21.3. The molecule has 0 atom stereocenters. The van der Waals surface area contributed by atoms with Gasteiger partial charge in [0, 0.05) is 32.9 Å². The number of hydrogen-bond acceptors (Lipinski definition) is 7. The van der Waals surface area contributed by atoms with Crippen LogP contribution in [0, 0.1) is 12.3 Å². The lowest BCUT2D eigenvalue weighted by atomic mass is 10.1. The molecule has 2 aromatic carbocycles. The third-order valence-electron chi connectivity index (χ3n) is 5.60. The molecule has 1 saturated carbocycles.